The molecule has 5 rings (SSSR count). The molecule has 5 aromatic rings. The van der Waals surface area contributed by atoms with Crippen LogP contribution in [-0.2, 0) is 0 Å². The van der Waals surface area contributed by atoms with Crippen molar-refractivity contribution in [1.82, 2.24) is 34.3 Å². The second kappa shape index (κ2) is 8.21. The van der Waals surface area contributed by atoms with Crippen molar-refractivity contribution >= 4 is 11.6 Å². The van der Waals surface area contributed by atoms with Gasteiger partial charge in [-0.3, -0.25) is 4.68 Å². The molecule has 0 aliphatic rings. The summed E-state index contributed by atoms with van der Waals surface area (Å²) in [5.41, 5.74) is 8.07. The lowest BCUT2D eigenvalue weighted by atomic mass is 10.0. The fraction of sp³-hybridized carbons (Fsp3) is 0.136. The van der Waals surface area contributed by atoms with Gasteiger partial charge in [0.05, 0.1) is 24.4 Å². The van der Waals surface area contributed by atoms with Crippen LogP contribution >= 0.6 is 0 Å². The van der Waals surface area contributed by atoms with E-state index in [2.05, 4.69) is 25.1 Å². The number of nitrogens with zero attached hydrogens (tertiary/aromatic N) is 7. The molecule has 0 aliphatic carbocycles. The molecule has 0 saturated carbocycles. The molecular weight excluding hydrogens is 452 g/mol. The van der Waals surface area contributed by atoms with E-state index < -0.39 is 24.5 Å². The van der Waals surface area contributed by atoms with Crippen LogP contribution < -0.4 is 5.73 Å². The molecule has 8 nitrogen and oxygen atoms in total. The molecule has 0 radical (unpaired) electrons. The predicted octanol–water partition coefficient (Wildman–Crippen LogP) is 4.31. The third-order valence-electron chi connectivity index (χ3n) is 5.16. The molecule has 34 heavy (non-hydrogen) atoms. The second-order valence-electron chi connectivity index (χ2n) is 7.55. The van der Waals surface area contributed by atoms with E-state index in [1.54, 1.807) is 30.6 Å². The number of hydrogen-bond acceptors (Lipinski definition) is 6. The Morgan fingerprint density at radius 2 is 1.79 bits per heavy atom. The molecule has 4 aromatic heterocycles. The van der Waals surface area contributed by atoms with Crippen molar-refractivity contribution in [2.24, 2.45) is 0 Å². The number of hydrogen-bond donors (Lipinski definition) is 1. The maximum Gasteiger partial charge on any atom is 0.391 e. The van der Waals surface area contributed by atoms with E-state index in [1.165, 1.54) is 33.7 Å². The van der Waals surface area contributed by atoms with Gasteiger partial charge in [0.15, 0.2) is 11.5 Å². The van der Waals surface area contributed by atoms with Gasteiger partial charge < -0.3 is 5.73 Å². The lowest BCUT2D eigenvalue weighted by Gasteiger charge is -2.19. The van der Waals surface area contributed by atoms with Crippen LogP contribution in [0.3, 0.4) is 0 Å². The summed E-state index contributed by atoms with van der Waals surface area (Å²) in [6, 6.07) is 8.84. The minimum absolute atomic E-state index is 0.133. The number of nitrogens with two attached hydrogens (primary N) is 1. The first-order chi connectivity index (χ1) is 16.2. The maximum atomic E-state index is 13.3. The molecule has 1 atom stereocenters. The van der Waals surface area contributed by atoms with Gasteiger partial charge in [0.1, 0.15) is 5.82 Å². The van der Waals surface area contributed by atoms with Gasteiger partial charge in [-0.15, -0.1) is 5.10 Å². The van der Waals surface area contributed by atoms with E-state index in [9.17, 15) is 17.6 Å². The van der Waals surface area contributed by atoms with Crippen molar-refractivity contribution in [3.05, 3.63) is 78.6 Å². The van der Waals surface area contributed by atoms with Gasteiger partial charge in [-0.1, -0.05) is 12.1 Å². The molecule has 1 unspecified atom stereocenters. The molecule has 0 bridgehead atoms. The molecule has 0 spiro atoms. The number of benzene rings is 1. The first-order valence-corrected chi connectivity index (χ1v) is 10.1. The first kappa shape index (κ1) is 21.5. The highest BCUT2D eigenvalue weighted by atomic mass is 19.4. The van der Waals surface area contributed by atoms with Gasteiger partial charge in [-0.05, 0) is 35.9 Å². The summed E-state index contributed by atoms with van der Waals surface area (Å²) in [6.07, 6.45) is 0.528. The Labute approximate surface area is 189 Å². The van der Waals surface area contributed by atoms with Crippen LogP contribution in [0.25, 0.3) is 28.3 Å². The summed E-state index contributed by atoms with van der Waals surface area (Å²) in [5, 5.41) is 8.17. The number of aromatic nitrogens is 7. The lowest BCUT2D eigenvalue weighted by Crippen LogP contribution is -2.20. The van der Waals surface area contributed by atoms with E-state index in [1.807, 2.05) is 0 Å². The van der Waals surface area contributed by atoms with E-state index in [0.29, 0.717) is 28.3 Å². The molecule has 0 amide bonds. The number of rotatable bonds is 5. The van der Waals surface area contributed by atoms with Gasteiger partial charge in [-0.25, -0.2) is 18.9 Å². The van der Waals surface area contributed by atoms with Crippen LogP contribution in [0.5, 0.6) is 0 Å². The van der Waals surface area contributed by atoms with Gasteiger partial charge in [-0.2, -0.15) is 23.3 Å². The SMILES string of the molecule is Nc1nc2cc(-c3nccc(-c4cnn(C(CC(F)(F)F)c5ccc(F)cc5)c4)n3)ccn2n1. The first-order valence-electron chi connectivity index (χ1n) is 10.1. The predicted molar refractivity (Wildman–Crippen MR) is 115 cm³/mol. The van der Waals surface area contributed by atoms with Crippen LogP contribution in [0.15, 0.2) is 67.3 Å². The Morgan fingerprint density at radius 3 is 2.56 bits per heavy atom. The number of alkyl halides is 3. The molecule has 2 N–H and O–H groups in total. The molecule has 4 heterocycles. The van der Waals surface area contributed by atoms with Gasteiger partial charge in [0.2, 0.25) is 5.95 Å². The molecule has 0 aliphatic heterocycles. The van der Waals surface area contributed by atoms with Crippen molar-refractivity contribution in [2.45, 2.75) is 18.6 Å². The summed E-state index contributed by atoms with van der Waals surface area (Å²) in [4.78, 5) is 12.9. The highest BCUT2D eigenvalue weighted by molar-refractivity contribution is 5.65. The zero-order chi connectivity index (χ0) is 23.9. The van der Waals surface area contributed by atoms with Crippen molar-refractivity contribution in [2.75, 3.05) is 5.73 Å². The van der Waals surface area contributed by atoms with E-state index >= 15 is 0 Å². The quantitative estimate of drug-likeness (QED) is 0.386. The molecule has 1 aromatic carbocycles. The normalized spacial score (nSPS) is 12.8. The number of nitrogen functional groups attached to an aromatic ring is 1. The van der Waals surface area contributed by atoms with E-state index in [4.69, 9.17) is 5.73 Å². The number of fused-ring (bicyclic) bond motifs is 1. The summed E-state index contributed by atoms with van der Waals surface area (Å²) in [5.74, 6) is -0.00956. The van der Waals surface area contributed by atoms with E-state index in [0.717, 1.165) is 12.1 Å². The van der Waals surface area contributed by atoms with Crippen molar-refractivity contribution < 1.29 is 17.6 Å². The average molecular weight is 468 g/mol. The Balaban J connectivity index is 1.48. The van der Waals surface area contributed by atoms with Crippen LogP contribution in [0, 0.1) is 5.82 Å². The number of pyridine rings is 1. The van der Waals surface area contributed by atoms with Crippen molar-refractivity contribution in [3.63, 3.8) is 0 Å². The monoisotopic (exact) mass is 468 g/mol. The Bertz CT molecular complexity index is 1460. The highest BCUT2D eigenvalue weighted by Gasteiger charge is 2.34. The number of halogens is 4. The fourth-order valence-corrected chi connectivity index (χ4v) is 3.61. The molecular formula is C22H16F4N8. The third-order valence-corrected chi connectivity index (χ3v) is 5.16. The highest BCUT2D eigenvalue weighted by Crippen LogP contribution is 2.33. The minimum Gasteiger partial charge on any atom is -0.366 e. The summed E-state index contributed by atoms with van der Waals surface area (Å²) >= 11 is 0. The zero-order valence-electron chi connectivity index (χ0n) is 17.4. The molecule has 172 valence electrons. The minimum atomic E-state index is -4.45. The standard InChI is InChI=1S/C22H16F4N8/c23-16-3-1-13(2-4-16)18(10-22(24,25)26)34-12-15(11-29-34)17-5-7-28-20(30-17)14-6-8-33-19(9-14)31-21(27)32-33/h1-9,11-12,18H,10H2,(H2,27,32). The van der Waals surface area contributed by atoms with Crippen LogP contribution in [0.1, 0.15) is 18.0 Å². The van der Waals surface area contributed by atoms with Crippen molar-refractivity contribution in [3.8, 4) is 22.6 Å². The molecule has 0 fully saturated rings. The fourth-order valence-electron chi connectivity index (χ4n) is 3.61. The van der Waals surface area contributed by atoms with Crippen LogP contribution in [0.4, 0.5) is 23.5 Å². The van der Waals surface area contributed by atoms with Gasteiger partial charge in [0, 0.05) is 29.7 Å². The topological polar surface area (TPSA) is 99.8 Å². The van der Waals surface area contributed by atoms with E-state index in [-0.39, 0.29) is 11.5 Å². The maximum absolute atomic E-state index is 13.3. The number of anilines is 1. The molecule has 0 saturated heterocycles. The second-order valence-corrected chi connectivity index (χ2v) is 7.55. The Morgan fingerprint density at radius 1 is 1.00 bits per heavy atom. The third kappa shape index (κ3) is 4.42. The van der Waals surface area contributed by atoms with Crippen molar-refractivity contribution in [1.29, 1.82) is 0 Å². The molecule has 12 heteroatoms. The smallest absolute Gasteiger partial charge is 0.366 e. The average Bonchev–Trinajstić information content (AvgIpc) is 3.43. The van der Waals surface area contributed by atoms with Gasteiger partial charge in [0.25, 0.3) is 0 Å². The summed E-state index contributed by atoms with van der Waals surface area (Å²) in [7, 11) is 0. The van der Waals surface area contributed by atoms with Gasteiger partial charge >= 0.3 is 6.18 Å². The zero-order valence-corrected chi connectivity index (χ0v) is 17.4. The van der Waals surface area contributed by atoms with Crippen LogP contribution in [0.2, 0.25) is 0 Å². The Kier molecular flexibility index (Phi) is 5.19. The largest absolute Gasteiger partial charge is 0.391 e. The summed E-state index contributed by atoms with van der Waals surface area (Å²) in [6.45, 7) is 0. The Hall–Kier alpha value is -4.35. The lowest BCUT2D eigenvalue weighted by molar-refractivity contribution is -0.140. The van der Waals surface area contributed by atoms with Crippen LogP contribution in [-0.4, -0.2) is 40.5 Å². The summed E-state index contributed by atoms with van der Waals surface area (Å²) < 4.78 is 55.9.